The van der Waals surface area contributed by atoms with E-state index in [9.17, 15) is 10.2 Å². The van der Waals surface area contributed by atoms with Crippen molar-refractivity contribution in [3.05, 3.63) is 23.3 Å². The second kappa shape index (κ2) is 4.68. The highest BCUT2D eigenvalue weighted by Gasteiger charge is 2.06. The number of phenolic OH excluding ortho intramolecular Hbond substituents is 2. The van der Waals surface area contributed by atoms with Crippen LogP contribution in [-0.4, -0.2) is 22.6 Å². The molecule has 0 aliphatic heterocycles. The Morgan fingerprint density at radius 2 is 2.07 bits per heavy atom. The zero-order chi connectivity index (χ0) is 11.4. The molecule has 0 saturated carbocycles. The van der Waals surface area contributed by atoms with Gasteiger partial charge in [0.05, 0.1) is 5.84 Å². The van der Waals surface area contributed by atoms with E-state index in [4.69, 9.17) is 5.73 Å². The SMILES string of the molecule is CC(N)=NCCc1cc(C)cc(O)c1O. The molecule has 82 valence electrons. The molecule has 0 radical (unpaired) electrons. The molecule has 1 aromatic rings. The van der Waals surface area contributed by atoms with Crippen LogP contribution in [0.25, 0.3) is 0 Å². The molecule has 0 bridgehead atoms. The lowest BCUT2D eigenvalue weighted by Gasteiger charge is -2.06. The maximum atomic E-state index is 9.56. The van der Waals surface area contributed by atoms with Crippen molar-refractivity contribution in [3.8, 4) is 11.5 Å². The van der Waals surface area contributed by atoms with Gasteiger partial charge in [-0.05, 0) is 37.5 Å². The first-order valence-electron chi connectivity index (χ1n) is 4.78. The van der Waals surface area contributed by atoms with Gasteiger partial charge in [-0.2, -0.15) is 0 Å². The van der Waals surface area contributed by atoms with Gasteiger partial charge >= 0.3 is 0 Å². The highest BCUT2D eigenvalue weighted by molar-refractivity contribution is 5.77. The summed E-state index contributed by atoms with van der Waals surface area (Å²) in [5.41, 5.74) is 7.00. The lowest BCUT2D eigenvalue weighted by molar-refractivity contribution is 0.399. The number of phenols is 2. The zero-order valence-electron chi connectivity index (χ0n) is 8.99. The molecule has 4 nitrogen and oxygen atoms in total. The molecule has 0 atom stereocenters. The van der Waals surface area contributed by atoms with Crippen molar-refractivity contribution in [1.29, 1.82) is 0 Å². The molecule has 0 aromatic heterocycles. The normalized spacial score (nSPS) is 11.7. The third-order valence-electron chi connectivity index (χ3n) is 2.06. The Balaban J connectivity index is 2.81. The molecular formula is C11H16N2O2. The van der Waals surface area contributed by atoms with Gasteiger partial charge in [0.25, 0.3) is 0 Å². The molecule has 4 heteroatoms. The monoisotopic (exact) mass is 208 g/mol. The van der Waals surface area contributed by atoms with Crippen LogP contribution in [0.1, 0.15) is 18.1 Å². The maximum Gasteiger partial charge on any atom is 0.160 e. The second-order valence-electron chi connectivity index (χ2n) is 3.56. The van der Waals surface area contributed by atoms with E-state index in [0.717, 1.165) is 5.56 Å². The van der Waals surface area contributed by atoms with Crippen molar-refractivity contribution in [2.24, 2.45) is 10.7 Å². The van der Waals surface area contributed by atoms with Crippen LogP contribution in [0.5, 0.6) is 11.5 Å². The van der Waals surface area contributed by atoms with Crippen LogP contribution in [-0.2, 0) is 6.42 Å². The minimum absolute atomic E-state index is 0.0644. The van der Waals surface area contributed by atoms with Gasteiger partial charge in [-0.15, -0.1) is 0 Å². The van der Waals surface area contributed by atoms with E-state index >= 15 is 0 Å². The number of aromatic hydroxyl groups is 2. The second-order valence-corrected chi connectivity index (χ2v) is 3.56. The number of benzene rings is 1. The predicted molar refractivity (Wildman–Crippen MR) is 60.4 cm³/mol. The Morgan fingerprint density at radius 3 is 2.67 bits per heavy atom. The van der Waals surface area contributed by atoms with Gasteiger partial charge in [0.2, 0.25) is 0 Å². The van der Waals surface area contributed by atoms with Crippen molar-refractivity contribution in [3.63, 3.8) is 0 Å². The first kappa shape index (κ1) is 11.4. The standard InChI is InChI=1S/C11H16N2O2/c1-7-5-9(3-4-13-8(2)12)11(15)10(14)6-7/h5-6,14-15H,3-4H2,1-2H3,(H2,12,13). The molecule has 1 aromatic carbocycles. The quantitative estimate of drug-likeness (QED) is 0.398. The van der Waals surface area contributed by atoms with Gasteiger partial charge in [-0.1, -0.05) is 6.07 Å². The number of hydrogen-bond donors (Lipinski definition) is 3. The molecule has 15 heavy (non-hydrogen) atoms. The van der Waals surface area contributed by atoms with Gasteiger partial charge in [0, 0.05) is 6.54 Å². The smallest absolute Gasteiger partial charge is 0.160 e. The highest BCUT2D eigenvalue weighted by Crippen LogP contribution is 2.30. The fourth-order valence-corrected chi connectivity index (χ4v) is 1.38. The Bertz CT molecular complexity index is 382. The van der Waals surface area contributed by atoms with E-state index in [1.54, 1.807) is 6.92 Å². The summed E-state index contributed by atoms with van der Waals surface area (Å²) in [6.45, 7) is 4.09. The molecule has 0 unspecified atom stereocenters. The number of nitrogens with zero attached hydrogens (tertiary/aromatic N) is 1. The third-order valence-corrected chi connectivity index (χ3v) is 2.06. The summed E-state index contributed by atoms with van der Waals surface area (Å²) < 4.78 is 0. The molecule has 0 aliphatic rings. The maximum absolute atomic E-state index is 9.56. The minimum atomic E-state index is -0.0848. The molecule has 1 rings (SSSR count). The van der Waals surface area contributed by atoms with E-state index in [1.807, 2.05) is 13.0 Å². The van der Waals surface area contributed by atoms with E-state index in [2.05, 4.69) is 4.99 Å². The van der Waals surface area contributed by atoms with Crippen molar-refractivity contribution < 1.29 is 10.2 Å². The molecule has 0 saturated heterocycles. The van der Waals surface area contributed by atoms with Gasteiger partial charge < -0.3 is 15.9 Å². The predicted octanol–water partition coefficient (Wildman–Crippen LogP) is 1.33. The first-order valence-corrected chi connectivity index (χ1v) is 4.78. The molecule has 0 spiro atoms. The highest BCUT2D eigenvalue weighted by atomic mass is 16.3. The number of rotatable bonds is 3. The fraction of sp³-hybridized carbons (Fsp3) is 0.364. The summed E-state index contributed by atoms with van der Waals surface area (Å²) >= 11 is 0. The van der Waals surface area contributed by atoms with E-state index in [-0.39, 0.29) is 11.5 Å². The van der Waals surface area contributed by atoms with E-state index in [1.165, 1.54) is 6.07 Å². The number of aryl methyl sites for hydroxylation is 1. The summed E-state index contributed by atoms with van der Waals surface area (Å²) in [5, 5.41) is 18.9. The molecule has 0 aliphatic carbocycles. The number of hydrogen-bond acceptors (Lipinski definition) is 3. The van der Waals surface area contributed by atoms with Crippen LogP contribution in [0.3, 0.4) is 0 Å². The summed E-state index contributed by atoms with van der Waals surface area (Å²) in [7, 11) is 0. The van der Waals surface area contributed by atoms with Crippen LogP contribution < -0.4 is 5.73 Å². The Morgan fingerprint density at radius 1 is 1.40 bits per heavy atom. The Hall–Kier alpha value is -1.71. The van der Waals surface area contributed by atoms with Gasteiger partial charge in [-0.25, -0.2) is 0 Å². The average Bonchev–Trinajstić information content (AvgIpc) is 2.12. The minimum Gasteiger partial charge on any atom is -0.504 e. The van der Waals surface area contributed by atoms with Crippen molar-refractivity contribution >= 4 is 5.84 Å². The van der Waals surface area contributed by atoms with Crippen LogP contribution in [0.15, 0.2) is 17.1 Å². The molecule has 0 fully saturated rings. The topological polar surface area (TPSA) is 78.8 Å². The van der Waals surface area contributed by atoms with Gasteiger partial charge in [0.15, 0.2) is 11.5 Å². The number of nitrogens with two attached hydrogens (primary N) is 1. The van der Waals surface area contributed by atoms with Crippen LogP contribution in [0, 0.1) is 6.92 Å². The number of aliphatic imine (C=N–C) groups is 1. The molecule has 4 N–H and O–H groups in total. The summed E-state index contributed by atoms with van der Waals surface area (Å²) in [5.74, 6) is 0.371. The van der Waals surface area contributed by atoms with Crippen molar-refractivity contribution in [2.75, 3.05) is 6.54 Å². The van der Waals surface area contributed by atoms with Crippen LogP contribution in [0.2, 0.25) is 0 Å². The van der Waals surface area contributed by atoms with E-state index < -0.39 is 0 Å². The summed E-state index contributed by atoms with van der Waals surface area (Å²) in [6.07, 6.45) is 0.565. The zero-order valence-corrected chi connectivity index (χ0v) is 8.99. The van der Waals surface area contributed by atoms with Crippen LogP contribution >= 0.6 is 0 Å². The van der Waals surface area contributed by atoms with Crippen molar-refractivity contribution in [2.45, 2.75) is 20.3 Å². The Labute approximate surface area is 89.1 Å². The molecule has 0 heterocycles. The largest absolute Gasteiger partial charge is 0.504 e. The van der Waals surface area contributed by atoms with E-state index in [0.29, 0.717) is 24.4 Å². The summed E-state index contributed by atoms with van der Waals surface area (Å²) in [4.78, 5) is 4.02. The van der Waals surface area contributed by atoms with Crippen molar-refractivity contribution in [1.82, 2.24) is 0 Å². The first-order chi connectivity index (χ1) is 7.00. The Kier molecular flexibility index (Phi) is 3.55. The van der Waals surface area contributed by atoms with Gasteiger partial charge in [0.1, 0.15) is 0 Å². The lowest BCUT2D eigenvalue weighted by atomic mass is 10.1. The van der Waals surface area contributed by atoms with Gasteiger partial charge in [-0.3, -0.25) is 4.99 Å². The number of amidine groups is 1. The fourth-order valence-electron chi connectivity index (χ4n) is 1.38. The molecular weight excluding hydrogens is 192 g/mol. The van der Waals surface area contributed by atoms with Crippen LogP contribution in [0.4, 0.5) is 0 Å². The average molecular weight is 208 g/mol. The summed E-state index contributed by atoms with van der Waals surface area (Å²) in [6, 6.07) is 3.35. The lowest BCUT2D eigenvalue weighted by Crippen LogP contribution is -2.06. The third kappa shape index (κ3) is 3.16. The molecule has 0 amide bonds.